The lowest BCUT2D eigenvalue weighted by molar-refractivity contribution is -0.147. The molecular weight excluding hydrogens is 1320 g/mol. The van der Waals surface area contributed by atoms with Gasteiger partial charge in [0, 0.05) is 103 Å². The number of phenolic OH excluding ortho intramolecular Hbond substituents is 1. The number of thioether (sulfide) groups is 2. The van der Waals surface area contributed by atoms with Gasteiger partial charge in [-0.15, -0.1) is 0 Å². The number of imidazole rings is 1. The summed E-state index contributed by atoms with van der Waals surface area (Å²) in [6, 6.07) is 10.5. The number of H-pyrrole nitrogens is 3. The van der Waals surface area contributed by atoms with Gasteiger partial charge in [-0.3, -0.25) is 52.7 Å². The number of halogens is 2. The van der Waals surface area contributed by atoms with Gasteiger partial charge in [0.2, 0.25) is 59.1 Å². The molecule has 7 aromatic rings. The minimum Gasteiger partial charge on any atom is -0.508 e. The number of phenols is 1. The summed E-state index contributed by atoms with van der Waals surface area (Å²) >= 11 is 2.96. The van der Waals surface area contributed by atoms with E-state index in [0.29, 0.717) is 57.6 Å². The summed E-state index contributed by atoms with van der Waals surface area (Å²) in [6.07, 6.45) is 4.26. The van der Waals surface area contributed by atoms with E-state index in [1.54, 1.807) is 11.8 Å². The zero-order valence-electron chi connectivity index (χ0n) is 53.8. The zero-order chi connectivity index (χ0) is 70.5. The largest absolute Gasteiger partial charge is 0.508 e. The third-order valence-corrected chi connectivity index (χ3v) is 20.0. The maximum Gasteiger partial charge on any atom is 0.305 e. The van der Waals surface area contributed by atoms with Crippen molar-refractivity contribution in [2.24, 2.45) is 5.73 Å². The number of carboxylic acids is 1. The monoisotopic (exact) mass is 1400 g/mol. The Morgan fingerprint density at radius 2 is 1.26 bits per heavy atom. The highest BCUT2D eigenvalue weighted by molar-refractivity contribution is 7.98. The number of aromatic hydroxyl groups is 1. The molecule has 0 spiro atoms. The van der Waals surface area contributed by atoms with E-state index in [1.165, 1.54) is 114 Å². The second-order valence-corrected chi connectivity index (χ2v) is 27.0. The van der Waals surface area contributed by atoms with E-state index in [0.717, 1.165) is 11.1 Å². The van der Waals surface area contributed by atoms with Crippen LogP contribution >= 0.6 is 23.5 Å². The van der Waals surface area contributed by atoms with Gasteiger partial charge in [0.15, 0.2) is 0 Å². The summed E-state index contributed by atoms with van der Waals surface area (Å²) < 4.78 is 29.8. The minimum atomic E-state index is -2.04. The Morgan fingerprint density at radius 3 is 1.88 bits per heavy atom. The van der Waals surface area contributed by atoms with Crippen LogP contribution in [0.25, 0.3) is 21.8 Å². The van der Waals surface area contributed by atoms with Crippen LogP contribution in [0, 0.1) is 11.6 Å². The lowest BCUT2D eigenvalue weighted by Crippen LogP contribution is -2.63. The summed E-state index contributed by atoms with van der Waals surface area (Å²) in [5.41, 5.74) is 8.30. The number of aromatic nitrogens is 4. The molecule has 0 unspecified atom stereocenters. The number of carbonyl (C=O) groups excluding carboxylic acids is 10. The summed E-state index contributed by atoms with van der Waals surface area (Å²) in [7, 11) is 0. The SMILES string of the molecule is C[C@@]12CCCN1C(=O)[C@H](Cc1ccc(O)cc1)NC(=O)[C@H](Cc1c[nH]cn1)NC(=O)[C@H](CC(=O)O)NC(=O)[C@H](Cc1c[nH]c3ccc(F)cc13)NC(=O)[C@H](Cc1c[nH]c3ccc(F)cc13)NC(=O)CNC(=O)[C@@H]1CCC(=O)N1CCCSCc1cccc(c1)CSC[C@@H](C(N)=O)NC2=O. The summed E-state index contributed by atoms with van der Waals surface area (Å²) in [5.74, 6) is -9.84. The second-order valence-electron chi connectivity index (χ2n) is 24.9. The molecule has 0 radical (unpaired) electrons. The van der Waals surface area contributed by atoms with Crippen LogP contribution < -0.4 is 43.0 Å². The van der Waals surface area contributed by atoms with Gasteiger partial charge in [0.1, 0.15) is 65.2 Å². The summed E-state index contributed by atoms with van der Waals surface area (Å²) in [6.45, 7) is 1.10. The van der Waals surface area contributed by atoms with Crippen molar-refractivity contribution in [3.63, 3.8) is 0 Å². The number of rotatable bonds is 11. The topological polar surface area (TPSA) is 405 Å². The minimum absolute atomic E-state index is 0.0235. The van der Waals surface area contributed by atoms with Gasteiger partial charge in [-0.25, -0.2) is 13.8 Å². The van der Waals surface area contributed by atoms with E-state index in [9.17, 15) is 57.4 Å². The maximum atomic E-state index is 15.2. The van der Waals surface area contributed by atoms with Gasteiger partial charge < -0.3 is 77.9 Å². The first-order valence-electron chi connectivity index (χ1n) is 32.2. The zero-order valence-corrected chi connectivity index (χ0v) is 55.5. The smallest absolute Gasteiger partial charge is 0.305 e. The molecule has 27 nitrogen and oxygen atoms in total. The number of amides is 10. The normalized spacial score (nSPS) is 23.6. The fraction of sp³-hybridized carbons (Fsp3) is 0.382. The van der Waals surface area contributed by atoms with Crippen LogP contribution in [0.1, 0.15) is 79.0 Å². The molecule has 31 heteroatoms. The van der Waals surface area contributed by atoms with Gasteiger partial charge >= 0.3 is 5.97 Å². The third kappa shape index (κ3) is 18.3. The molecule has 10 rings (SSSR count). The van der Waals surface area contributed by atoms with Crippen LogP contribution in [0.5, 0.6) is 5.75 Å². The Hall–Kier alpha value is -10.3. The highest BCUT2D eigenvalue weighted by Gasteiger charge is 2.49. The molecule has 14 N–H and O–H groups in total. The molecule has 10 amide bonds. The van der Waals surface area contributed by atoms with Crippen molar-refractivity contribution in [3.05, 3.63) is 155 Å². The van der Waals surface area contributed by atoms with Crippen LogP contribution in [0.3, 0.4) is 0 Å². The van der Waals surface area contributed by atoms with E-state index in [1.807, 2.05) is 24.3 Å². The highest BCUT2D eigenvalue weighted by Crippen LogP contribution is 2.32. The van der Waals surface area contributed by atoms with E-state index < -0.39 is 144 Å². The van der Waals surface area contributed by atoms with Crippen molar-refractivity contribution in [3.8, 4) is 5.75 Å². The Bertz CT molecular complexity index is 4170. The molecule has 6 heterocycles. The van der Waals surface area contributed by atoms with E-state index in [4.69, 9.17) is 5.73 Å². The molecule has 3 aliphatic rings. The molecule has 2 bridgehead atoms. The Morgan fingerprint density at radius 1 is 0.667 bits per heavy atom. The van der Waals surface area contributed by atoms with Gasteiger partial charge in [-0.1, -0.05) is 36.4 Å². The van der Waals surface area contributed by atoms with Crippen molar-refractivity contribution in [1.29, 1.82) is 0 Å². The Balaban J connectivity index is 0.978. The Labute approximate surface area is 574 Å². The molecular formula is C68H76F2N14O13S2. The maximum absolute atomic E-state index is 15.2. The third-order valence-electron chi connectivity index (χ3n) is 17.8. The molecule has 4 aromatic carbocycles. The number of aromatic amines is 3. The molecule has 3 aliphatic heterocycles. The number of nitrogens with two attached hydrogens (primary N) is 1. The first-order chi connectivity index (χ1) is 47.5. The van der Waals surface area contributed by atoms with Crippen molar-refractivity contribution < 1.29 is 71.7 Å². The average molecular weight is 1400 g/mol. The predicted molar refractivity (Wildman–Crippen MR) is 362 cm³/mol. The van der Waals surface area contributed by atoms with E-state index in [2.05, 4.69) is 57.2 Å². The molecule has 8 atom stereocenters. The number of carboxylic acid groups (broad SMARTS) is 1. The van der Waals surface area contributed by atoms with Crippen LogP contribution in [-0.4, -0.2) is 184 Å². The lowest BCUT2D eigenvalue weighted by atomic mass is 9.95. The Kier molecular flexibility index (Phi) is 23.4. The number of carbonyl (C=O) groups is 11. The number of hydrogen-bond donors (Lipinski definition) is 13. The molecule has 2 saturated heterocycles. The number of fused-ring (bicyclic) bond motifs is 6. The highest BCUT2D eigenvalue weighted by atomic mass is 32.2. The van der Waals surface area contributed by atoms with Gasteiger partial charge in [0.25, 0.3) is 0 Å². The molecule has 522 valence electrons. The molecule has 2 fully saturated rings. The molecule has 0 aliphatic carbocycles. The van der Waals surface area contributed by atoms with Crippen molar-refractivity contribution >= 4 is 110 Å². The van der Waals surface area contributed by atoms with Crippen LogP contribution in [0.15, 0.2) is 110 Å². The number of nitrogens with zero attached hydrogens (tertiary/aromatic N) is 3. The van der Waals surface area contributed by atoms with E-state index >= 15 is 14.4 Å². The van der Waals surface area contributed by atoms with Crippen molar-refractivity contribution in [2.75, 3.05) is 31.1 Å². The predicted octanol–water partition coefficient (Wildman–Crippen LogP) is 2.55. The van der Waals surface area contributed by atoms with Crippen molar-refractivity contribution in [1.82, 2.24) is 67.0 Å². The molecule has 99 heavy (non-hydrogen) atoms. The lowest BCUT2D eigenvalue weighted by Gasteiger charge is -2.37. The van der Waals surface area contributed by atoms with Gasteiger partial charge in [-0.2, -0.15) is 23.5 Å². The fourth-order valence-corrected chi connectivity index (χ4v) is 14.5. The quantitative estimate of drug-likeness (QED) is 0.0885. The molecule has 0 saturated carbocycles. The number of aliphatic carboxylic acids is 1. The summed E-state index contributed by atoms with van der Waals surface area (Å²) in [4.78, 5) is 172. The average Bonchev–Trinajstić information content (AvgIpc) is 1.69. The van der Waals surface area contributed by atoms with Crippen LogP contribution in [0.2, 0.25) is 0 Å². The first kappa shape index (κ1) is 71.5. The van der Waals surface area contributed by atoms with Crippen molar-refractivity contribution in [2.45, 2.75) is 130 Å². The second kappa shape index (κ2) is 32.4. The number of hydrogen-bond acceptors (Lipinski definition) is 15. The number of benzene rings is 4. The fourth-order valence-electron chi connectivity index (χ4n) is 12.6. The van der Waals surface area contributed by atoms with E-state index in [-0.39, 0.29) is 79.2 Å². The van der Waals surface area contributed by atoms with Crippen LogP contribution in [-0.2, 0) is 89.9 Å². The number of primary amides is 1. The van der Waals surface area contributed by atoms with Crippen LogP contribution in [0.4, 0.5) is 8.78 Å². The number of nitrogens with one attached hydrogen (secondary N) is 10. The van der Waals surface area contributed by atoms with Gasteiger partial charge in [-0.05, 0) is 115 Å². The first-order valence-corrected chi connectivity index (χ1v) is 34.5. The standard InChI is InChI=1S/C68H76F2N14O13S2/c1-68-17-3-19-84(68)66(96)54(22-37-7-11-45(85)12-8-37)81-63(93)52(27-44-31-72-36-76-44)79-64(94)53(28-59(88)89)80-62(92)51(24-41-30-74-49-14-10-43(70)26-47(41)49)78-61(91)50(23-40-29-73-48-13-9-42(69)25-46(40)48)77-57(86)32-75-65(95)56-15-16-58(87)83(56)18-4-20-98-33-38-5-2-6-39(21-38)34-99-35-55(60(71)90)82-67(68)97/h2,5-14,21,25-26,29-31,36,50-56,73-74,85H,3-4,15-20,22-24,27-28,32-35H2,1H3,(H2,71,90)(H,72,76)(H,75,95)(H,77,86)(H,78,91)(H,79,94)(H,80,92)(H,81,93)(H,82,97)(H,88,89)/t50-,51-,52-,53-,54-,55-,56-,68-/m0/s1. The molecule has 3 aromatic heterocycles. The summed E-state index contributed by atoms with van der Waals surface area (Å²) in [5, 5.41) is 39.4. The van der Waals surface area contributed by atoms with Gasteiger partial charge in [0.05, 0.1) is 25.0 Å².